The van der Waals surface area contributed by atoms with E-state index in [1.807, 2.05) is 0 Å². The van der Waals surface area contributed by atoms with Gasteiger partial charge in [-0.1, -0.05) is 0 Å². The van der Waals surface area contributed by atoms with E-state index in [4.69, 9.17) is 14.6 Å². The molecule has 5 heteroatoms. The summed E-state index contributed by atoms with van der Waals surface area (Å²) in [6.45, 7) is 1.59. The number of carbonyl (C=O) groups is 1. The molecule has 0 bridgehead atoms. The van der Waals surface area contributed by atoms with Crippen LogP contribution in [0.25, 0.3) is 0 Å². The highest BCUT2D eigenvalue weighted by atomic mass is 16.5. The fourth-order valence-corrected chi connectivity index (χ4v) is 1.31. The molecule has 1 aromatic carbocycles. The zero-order chi connectivity index (χ0) is 11.6. The van der Waals surface area contributed by atoms with Crippen LogP contribution in [-0.4, -0.2) is 30.4 Å². The second-order valence-corrected chi connectivity index (χ2v) is 2.96. The smallest absolute Gasteiger partial charge is 0.339 e. The Hall–Kier alpha value is -1.91. The number of phenols is 1. The van der Waals surface area contributed by atoms with Crippen LogP contribution in [0.2, 0.25) is 0 Å². The number of aromatic hydroxyl groups is 1. The number of benzene rings is 1. The summed E-state index contributed by atoms with van der Waals surface area (Å²) in [4.78, 5) is 10.9. The fourth-order valence-electron chi connectivity index (χ4n) is 1.31. The molecule has 1 aromatic rings. The first-order valence-electron chi connectivity index (χ1n) is 4.20. The number of carboxylic acids is 1. The van der Waals surface area contributed by atoms with E-state index < -0.39 is 5.97 Å². The fraction of sp³-hybridized carbons (Fsp3) is 0.300. The van der Waals surface area contributed by atoms with Crippen molar-refractivity contribution in [2.24, 2.45) is 0 Å². The highest BCUT2D eigenvalue weighted by molar-refractivity contribution is 5.93. The Morgan fingerprint density at radius 1 is 1.27 bits per heavy atom. The van der Waals surface area contributed by atoms with Gasteiger partial charge in [0.15, 0.2) is 11.5 Å². The molecule has 0 aromatic heterocycles. The number of carboxylic acid groups (broad SMARTS) is 1. The summed E-state index contributed by atoms with van der Waals surface area (Å²) >= 11 is 0. The van der Waals surface area contributed by atoms with Gasteiger partial charge in [0, 0.05) is 0 Å². The average Bonchev–Trinajstić information content (AvgIpc) is 2.20. The molecule has 0 radical (unpaired) electrons. The first-order chi connectivity index (χ1) is 7.02. The number of phenolic OH excluding ortho intramolecular Hbond substituents is 1. The summed E-state index contributed by atoms with van der Waals surface area (Å²) in [5, 5.41) is 18.5. The summed E-state index contributed by atoms with van der Waals surface area (Å²) in [7, 11) is 2.65. The van der Waals surface area contributed by atoms with Gasteiger partial charge in [-0.2, -0.15) is 0 Å². The van der Waals surface area contributed by atoms with Gasteiger partial charge in [0.1, 0.15) is 5.56 Å². The van der Waals surface area contributed by atoms with Gasteiger partial charge in [-0.15, -0.1) is 0 Å². The van der Waals surface area contributed by atoms with Crippen LogP contribution < -0.4 is 9.47 Å². The zero-order valence-corrected chi connectivity index (χ0v) is 8.70. The Morgan fingerprint density at radius 3 is 2.20 bits per heavy atom. The summed E-state index contributed by atoms with van der Waals surface area (Å²) in [6, 6.07) is 1.33. The monoisotopic (exact) mass is 212 g/mol. The highest BCUT2D eigenvalue weighted by Crippen LogP contribution is 2.41. The van der Waals surface area contributed by atoms with Gasteiger partial charge < -0.3 is 19.7 Å². The first kappa shape index (κ1) is 11.2. The van der Waals surface area contributed by atoms with E-state index in [2.05, 4.69) is 0 Å². The molecule has 82 valence electrons. The maximum Gasteiger partial charge on any atom is 0.339 e. The van der Waals surface area contributed by atoms with Crippen LogP contribution in [0.3, 0.4) is 0 Å². The van der Waals surface area contributed by atoms with Gasteiger partial charge in [-0.3, -0.25) is 0 Å². The number of rotatable bonds is 3. The van der Waals surface area contributed by atoms with Crippen molar-refractivity contribution in [1.29, 1.82) is 0 Å². The van der Waals surface area contributed by atoms with Gasteiger partial charge in [-0.05, 0) is 18.6 Å². The molecule has 0 aliphatic heterocycles. The molecular formula is C10H12O5. The maximum atomic E-state index is 10.9. The Kier molecular flexibility index (Phi) is 3.04. The molecule has 0 saturated heterocycles. The Morgan fingerprint density at radius 2 is 1.80 bits per heavy atom. The van der Waals surface area contributed by atoms with Gasteiger partial charge in [0.05, 0.1) is 14.2 Å². The van der Waals surface area contributed by atoms with E-state index in [1.54, 1.807) is 6.92 Å². The molecular weight excluding hydrogens is 200 g/mol. The minimum absolute atomic E-state index is 0.0214. The number of aromatic carboxylic acids is 1. The van der Waals surface area contributed by atoms with Gasteiger partial charge in [0.25, 0.3) is 0 Å². The lowest BCUT2D eigenvalue weighted by molar-refractivity contribution is 0.0692. The molecule has 0 fully saturated rings. The van der Waals surface area contributed by atoms with Crippen molar-refractivity contribution in [3.05, 3.63) is 17.2 Å². The van der Waals surface area contributed by atoms with Crippen LogP contribution in [0.4, 0.5) is 0 Å². The standard InChI is InChI=1S/C10H12O5/c1-5-4-6(10(12)13)8(14-2)9(15-3)7(5)11/h4,11H,1-3H3,(H,12,13). The normalized spacial score (nSPS) is 9.80. The molecule has 0 saturated carbocycles. The Balaban J connectivity index is 3.54. The predicted octanol–water partition coefficient (Wildman–Crippen LogP) is 1.42. The third-order valence-corrected chi connectivity index (χ3v) is 2.04. The number of aryl methyl sites for hydroxylation is 1. The Labute approximate surface area is 86.9 Å². The summed E-state index contributed by atoms with van der Waals surface area (Å²) < 4.78 is 9.80. The van der Waals surface area contributed by atoms with E-state index in [-0.39, 0.29) is 22.8 Å². The number of hydrogen-bond acceptors (Lipinski definition) is 4. The maximum absolute atomic E-state index is 10.9. The first-order valence-corrected chi connectivity index (χ1v) is 4.20. The molecule has 2 N–H and O–H groups in total. The van der Waals surface area contributed by atoms with E-state index >= 15 is 0 Å². The molecule has 0 spiro atoms. The van der Waals surface area contributed by atoms with Crippen molar-refractivity contribution < 1.29 is 24.5 Å². The highest BCUT2D eigenvalue weighted by Gasteiger charge is 2.21. The van der Waals surface area contributed by atoms with Crippen LogP contribution >= 0.6 is 0 Å². The van der Waals surface area contributed by atoms with Gasteiger partial charge in [-0.25, -0.2) is 4.79 Å². The molecule has 0 atom stereocenters. The predicted molar refractivity (Wildman–Crippen MR) is 52.9 cm³/mol. The van der Waals surface area contributed by atoms with Gasteiger partial charge >= 0.3 is 5.97 Å². The molecule has 15 heavy (non-hydrogen) atoms. The third kappa shape index (κ3) is 1.81. The topological polar surface area (TPSA) is 76.0 Å². The summed E-state index contributed by atoms with van der Waals surface area (Å²) in [5.74, 6) is -1.18. The minimum atomic E-state index is -1.13. The van der Waals surface area contributed by atoms with Crippen molar-refractivity contribution in [3.8, 4) is 17.2 Å². The van der Waals surface area contributed by atoms with Crippen molar-refractivity contribution >= 4 is 5.97 Å². The molecule has 0 unspecified atom stereocenters. The van der Waals surface area contributed by atoms with Crippen LogP contribution in [0.1, 0.15) is 15.9 Å². The van der Waals surface area contributed by atoms with Crippen LogP contribution in [0.15, 0.2) is 6.07 Å². The molecule has 0 aliphatic rings. The molecule has 0 heterocycles. The second kappa shape index (κ2) is 4.08. The number of methoxy groups -OCH3 is 2. The average molecular weight is 212 g/mol. The largest absolute Gasteiger partial charge is 0.504 e. The van der Waals surface area contributed by atoms with Gasteiger partial charge in [0.2, 0.25) is 5.75 Å². The lowest BCUT2D eigenvalue weighted by Gasteiger charge is -2.13. The van der Waals surface area contributed by atoms with Crippen LogP contribution in [-0.2, 0) is 0 Å². The lowest BCUT2D eigenvalue weighted by atomic mass is 10.1. The van der Waals surface area contributed by atoms with Crippen molar-refractivity contribution in [3.63, 3.8) is 0 Å². The van der Waals surface area contributed by atoms with E-state index in [0.29, 0.717) is 5.56 Å². The minimum Gasteiger partial charge on any atom is -0.504 e. The molecule has 1 rings (SSSR count). The van der Waals surface area contributed by atoms with Crippen LogP contribution in [0.5, 0.6) is 17.2 Å². The molecule has 0 aliphatic carbocycles. The Bertz CT molecular complexity index is 397. The quantitative estimate of drug-likeness (QED) is 0.792. The number of ether oxygens (including phenoxy) is 2. The number of hydrogen-bond donors (Lipinski definition) is 2. The molecule has 0 amide bonds. The zero-order valence-electron chi connectivity index (χ0n) is 8.70. The summed E-state index contributed by atoms with van der Waals surface area (Å²) in [5.41, 5.74) is 0.384. The second-order valence-electron chi connectivity index (χ2n) is 2.96. The van der Waals surface area contributed by atoms with Crippen LogP contribution in [0, 0.1) is 6.92 Å². The van der Waals surface area contributed by atoms with E-state index in [0.717, 1.165) is 0 Å². The lowest BCUT2D eigenvalue weighted by Crippen LogP contribution is -2.03. The SMILES string of the molecule is COc1c(C(=O)O)cc(C)c(O)c1OC. The van der Waals surface area contributed by atoms with Crippen molar-refractivity contribution in [2.45, 2.75) is 6.92 Å². The van der Waals surface area contributed by atoms with Crippen molar-refractivity contribution in [1.82, 2.24) is 0 Å². The third-order valence-electron chi connectivity index (χ3n) is 2.04. The van der Waals surface area contributed by atoms with E-state index in [9.17, 15) is 9.90 Å². The van der Waals surface area contributed by atoms with E-state index in [1.165, 1.54) is 20.3 Å². The van der Waals surface area contributed by atoms with Crippen molar-refractivity contribution in [2.75, 3.05) is 14.2 Å². The summed E-state index contributed by atoms with van der Waals surface area (Å²) in [6.07, 6.45) is 0. The molecule has 5 nitrogen and oxygen atoms in total.